The smallest absolute Gasteiger partial charge is 0.259 e. The summed E-state index contributed by atoms with van der Waals surface area (Å²) in [4.78, 5) is 12.9. The normalized spacial score (nSPS) is 10.5. The Morgan fingerprint density at radius 2 is 1.67 bits per heavy atom. The van der Waals surface area contributed by atoms with E-state index in [-0.39, 0.29) is 5.91 Å². The Morgan fingerprint density at radius 3 is 2.26 bits per heavy atom. The van der Waals surface area contributed by atoms with E-state index in [1.54, 1.807) is 32.4 Å². The monoisotopic (exact) mass is 365 g/mol. The van der Waals surface area contributed by atoms with Gasteiger partial charge in [0.05, 0.1) is 32.0 Å². The fraction of sp³-hybridized carbons (Fsp3) is 0.238. The molecule has 0 atom stereocenters. The van der Waals surface area contributed by atoms with E-state index < -0.39 is 0 Å². The molecule has 0 fully saturated rings. The van der Waals surface area contributed by atoms with Crippen molar-refractivity contribution in [3.63, 3.8) is 0 Å². The maximum absolute atomic E-state index is 12.9. The molecule has 0 aliphatic heterocycles. The molecule has 6 nitrogen and oxygen atoms in total. The van der Waals surface area contributed by atoms with Crippen molar-refractivity contribution in [1.82, 2.24) is 9.78 Å². The number of benzene rings is 2. The van der Waals surface area contributed by atoms with Gasteiger partial charge in [0.15, 0.2) is 0 Å². The number of methoxy groups -OCH3 is 2. The number of carbonyl (C=O) groups excluding carboxylic acids is 1. The van der Waals surface area contributed by atoms with Crippen LogP contribution in [0.25, 0.3) is 0 Å². The lowest BCUT2D eigenvalue weighted by Crippen LogP contribution is -2.14. The van der Waals surface area contributed by atoms with Crippen molar-refractivity contribution in [3.05, 3.63) is 71.0 Å². The first kappa shape index (κ1) is 18.5. The predicted octanol–water partition coefficient (Wildman–Crippen LogP) is 3.82. The minimum atomic E-state index is -0.209. The first-order valence-corrected chi connectivity index (χ1v) is 8.64. The van der Waals surface area contributed by atoms with Gasteiger partial charge < -0.3 is 14.8 Å². The summed E-state index contributed by atoms with van der Waals surface area (Å²) < 4.78 is 12.4. The van der Waals surface area contributed by atoms with Gasteiger partial charge in [0.25, 0.3) is 5.91 Å². The molecule has 1 aromatic heterocycles. The Kier molecular flexibility index (Phi) is 5.45. The molecule has 0 aliphatic carbocycles. The number of nitrogens with zero attached hydrogens (tertiary/aromatic N) is 2. The van der Waals surface area contributed by atoms with Crippen molar-refractivity contribution in [2.24, 2.45) is 0 Å². The molecule has 1 heterocycles. The lowest BCUT2D eigenvalue weighted by Gasteiger charge is -2.10. The number of ether oxygens (including phenoxy) is 2. The van der Waals surface area contributed by atoms with E-state index in [4.69, 9.17) is 9.47 Å². The summed E-state index contributed by atoms with van der Waals surface area (Å²) >= 11 is 0. The summed E-state index contributed by atoms with van der Waals surface area (Å²) in [6.45, 7) is 4.37. The second kappa shape index (κ2) is 7.95. The Hall–Kier alpha value is -3.28. The van der Waals surface area contributed by atoms with Crippen LogP contribution in [0.15, 0.2) is 48.5 Å². The number of hydrogen-bond acceptors (Lipinski definition) is 4. The molecule has 3 rings (SSSR count). The highest BCUT2D eigenvalue weighted by Gasteiger charge is 2.19. The summed E-state index contributed by atoms with van der Waals surface area (Å²) in [5.41, 5.74) is 3.82. The number of aryl methyl sites for hydroxylation is 1. The van der Waals surface area contributed by atoms with Crippen molar-refractivity contribution < 1.29 is 14.3 Å². The zero-order valence-corrected chi connectivity index (χ0v) is 15.9. The van der Waals surface area contributed by atoms with Crippen LogP contribution in [0.2, 0.25) is 0 Å². The Morgan fingerprint density at radius 1 is 1.04 bits per heavy atom. The number of carbonyl (C=O) groups is 1. The molecule has 27 heavy (non-hydrogen) atoms. The van der Waals surface area contributed by atoms with Gasteiger partial charge in [-0.05, 0) is 19.4 Å². The van der Waals surface area contributed by atoms with Crippen LogP contribution in [0.4, 0.5) is 5.69 Å². The summed E-state index contributed by atoms with van der Waals surface area (Å²) in [5.74, 6) is 1.01. The van der Waals surface area contributed by atoms with Gasteiger partial charge in [-0.1, -0.05) is 30.3 Å². The highest BCUT2D eigenvalue weighted by molar-refractivity contribution is 6.06. The third-order valence-corrected chi connectivity index (χ3v) is 4.39. The highest BCUT2D eigenvalue weighted by Crippen LogP contribution is 2.26. The number of aromatic nitrogens is 2. The fourth-order valence-corrected chi connectivity index (χ4v) is 3.01. The van der Waals surface area contributed by atoms with Crippen LogP contribution in [-0.4, -0.2) is 29.9 Å². The SMILES string of the molecule is COc1cc(NC(=O)c2c(C)nn(Cc3ccccc3)c2C)cc(OC)c1. The molecule has 0 spiro atoms. The summed E-state index contributed by atoms with van der Waals surface area (Å²) in [6, 6.07) is 15.3. The van der Waals surface area contributed by atoms with E-state index in [0.717, 1.165) is 11.3 Å². The number of anilines is 1. The highest BCUT2D eigenvalue weighted by atomic mass is 16.5. The van der Waals surface area contributed by atoms with Crippen LogP contribution in [-0.2, 0) is 6.54 Å². The molecule has 1 N–H and O–H groups in total. The first-order valence-electron chi connectivity index (χ1n) is 8.64. The summed E-state index contributed by atoms with van der Waals surface area (Å²) in [5, 5.41) is 7.46. The average Bonchev–Trinajstić information content (AvgIpc) is 2.95. The minimum absolute atomic E-state index is 0.209. The molecule has 0 saturated carbocycles. The molecule has 2 aromatic carbocycles. The van der Waals surface area contributed by atoms with E-state index in [1.165, 1.54) is 0 Å². The van der Waals surface area contributed by atoms with Crippen molar-refractivity contribution in [2.75, 3.05) is 19.5 Å². The topological polar surface area (TPSA) is 65.4 Å². The number of hydrogen-bond donors (Lipinski definition) is 1. The van der Waals surface area contributed by atoms with Gasteiger partial charge in [0, 0.05) is 29.6 Å². The van der Waals surface area contributed by atoms with Crippen LogP contribution in [0.1, 0.15) is 27.3 Å². The van der Waals surface area contributed by atoms with E-state index >= 15 is 0 Å². The number of rotatable bonds is 6. The third kappa shape index (κ3) is 4.11. The fourth-order valence-electron chi connectivity index (χ4n) is 3.01. The second-order valence-electron chi connectivity index (χ2n) is 6.24. The van der Waals surface area contributed by atoms with Crippen LogP contribution in [0, 0.1) is 13.8 Å². The van der Waals surface area contributed by atoms with Crippen LogP contribution in [0.5, 0.6) is 11.5 Å². The minimum Gasteiger partial charge on any atom is -0.497 e. The lowest BCUT2D eigenvalue weighted by atomic mass is 10.1. The standard InChI is InChI=1S/C21H23N3O3/c1-14-20(15(2)24(23-14)13-16-8-6-5-7-9-16)21(25)22-17-10-18(26-3)12-19(11-17)27-4/h5-12H,13H2,1-4H3,(H,22,25). The summed E-state index contributed by atoms with van der Waals surface area (Å²) in [6.07, 6.45) is 0. The Bertz CT molecular complexity index is 927. The van der Waals surface area contributed by atoms with E-state index in [2.05, 4.69) is 10.4 Å². The van der Waals surface area contributed by atoms with Gasteiger partial charge in [-0.15, -0.1) is 0 Å². The molecular formula is C21H23N3O3. The van der Waals surface area contributed by atoms with E-state index in [1.807, 2.05) is 48.9 Å². The van der Waals surface area contributed by atoms with Crippen molar-refractivity contribution in [2.45, 2.75) is 20.4 Å². The molecule has 6 heteroatoms. The molecule has 0 saturated heterocycles. The van der Waals surface area contributed by atoms with Crippen LogP contribution in [0.3, 0.4) is 0 Å². The molecule has 3 aromatic rings. The lowest BCUT2D eigenvalue weighted by molar-refractivity contribution is 0.102. The quantitative estimate of drug-likeness (QED) is 0.721. The maximum atomic E-state index is 12.9. The molecule has 140 valence electrons. The molecule has 1 amide bonds. The third-order valence-electron chi connectivity index (χ3n) is 4.39. The molecule has 0 radical (unpaired) electrons. The van der Waals surface area contributed by atoms with Crippen molar-refractivity contribution in [3.8, 4) is 11.5 Å². The van der Waals surface area contributed by atoms with Gasteiger partial charge in [0.2, 0.25) is 0 Å². The van der Waals surface area contributed by atoms with E-state index in [9.17, 15) is 4.79 Å². The van der Waals surface area contributed by atoms with Crippen molar-refractivity contribution in [1.29, 1.82) is 0 Å². The average molecular weight is 365 g/mol. The molecular weight excluding hydrogens is 342 g/mol. The maximum Gasteiger partial charge on any atom is 0.259 e. The Balaban J connectivity index is 1.85. The van der Waals surface area contributed by atoms with Crippen molar-refractivity contribution >= 4 is 11.6 Å². The van der Waals surface area contributed by atoms with Crippen LogP contribution < -0.4 is 14.8 Å². The van der Waals surface area contributed by atoms with E-state index in [0.29, 0.717) is 35.0 Å². The predicted molar refractivity (Wildman–Crippen MR) is 105 cm³/mol. The first-order chi connectivity index (χ1) is 13.0. The largest absolute Gasteiger partial charge is 0.497 e. The molecule has 0 bridgehead atoms. The molecule has 0 aliphatic rings. The molecule has 0 unspecified atom stereocenters. The number of nitrogens with one attached hydrogen (secondary N) is 1. The Labute approximate surface area is 158 Å². The van der Waals surface area contributed by atoms with Gasteiger partial charge in [-0.3, -0.25) is 9.48 Å². The van der Waals surface area contributed by atoms with Gasteiger partial charge in [0.1, 0.15) is 11.5 Å². The zero-order chi connectivity index (χ0) is 19.4. The summed E-state index contributed by atoms with van der Waals surface area (Å²) in [7, 11) is 3.14. The van der Waals surface area contributed by atoms with Gasteiger partial charge in [-0.2, -0.15) is 5.10 Å². The zero-order valence-electron chi connectivity index (χ0n) is 15.9. The van der Waals surface area contributed by atoms with Gasteiger partial charge >= 0.3 is 0 Å². The second-order valence-corrected chi connectivity index (χ2v) is 6.24. The van der Waals surface area contributed by atoms with Crippen LogP contribution >= 0.6 is 0 Å². The van der Waals surface area contributed by atoms with Gasteiger partial charge in [-0.25, -0.2) is 0 Å². The number of amides is 1.